The maximum Gasteiger partial charge on any atom is 0.231 e. The van der Waals surface area contributed by atoms with Gasteiger partial charge in [0.05, 0.1) is 24.7 Å². The molecule has 1 aliphatic rings. The average molecular weight is 327 g/mol. The van der Waals surface area contributed by atoms with Crippen molar-refractivity contribution < 1.29 is 14.6 Å². The Morgan fingerprint density at radius 3 is 3.04 bits per heavy atom. The summed E-state index contributed by atoms with van der Waals surface area (Å²) >= 11 is 0. The first-order chi connectivity index (χ1) is 11.8. The summed E-state index contributed by atoms with van der Waals surface area (Å²) in [5.74, 6) is 2.33. The molecule has 1 aromatic carbocycles. The van der Waals surface area contributed by atoms with E-state index in [1.807, 2.05) is 18.2 Å². The van der Waals surface area contributed by atoms with Gasteiger partial charge in [-0.3, -0.25) is 0 Å². The highest BCUT2D eigenvalue weighted by molar-refractivity contribution is 5.86. The minimum Gasteiger partial charge on any atom is -0.454 e. The molecule has 0 amide bonds. The molecule has 0 aliphatic carbocycles. The van der Waals surface area contributed by atoms with Crippen molar-refractivity contribution in [2.24, 2.45) is 0 Å². The summed E-state index contributed by atoms with van der Waals surface area (Å²) in [6.07, 6.45) is 4.04. The van der Waals surface area contributed by atoms with Crippen molar-refractivity contribution in [3.05, 3.63) is 36.3 Å². The van der Waals surface area contributed by atoms with E-state index in [2.05, 4.69) is 20.4 Å². The molecule has 8 heteroatoms. The summed E-state index contributed by atoms with van der Waals surface area (Å²) in [4.78, 5) is 8.52. The van der Waals surface area contributed by atoms with Gasteiger partial charge < -0.3 is 19.9 Å². The Morgan fingerprint density at radius 1 is 1.21 bits per heavy atom. The van der Waals surface area contributed by atoms with Gasteiger partial charge in [-0.05, 0) is 24.1 Å². The molecule has 3 aromatic rings. The molecule has 0 saturated carbocycles. The number of aromatic nitrogens is 4. The molecule has 0 spiro atoms. The van der Waals surface area contributed by atoms with Gasteiger partial charge in [-0.25, -0.2) is 14.6 Å². The monoisotopic (exact) mass is 327 g/mol. The van der Waals surface area contributed by atoms with Crippen LogP contribution in [0.2, 0.25) is 0 Å². The minimum absolute atomic E-state index is 0.0215. The van der Waals surface area contributed by atoms with Crippen LogP contribution in [-0.4, -0.2) is 44.8 Å². The molecule has 24 heavy (non-hydrogen) atoms. The molecule has 8 nitrogen and oxygen atoms in total. The first-order valence-corrected chi connectivity index (χ1v) is 7.75. The fourth-order valence-electron chi connectivity index (χ4n) is 2.71. The zero-order valence-corrected chi connectivity index (χ0v) is 13.0. The van der Waals surface area contributed by atoms with Crippen molar-refractivity contribution >= 4 is 16.9 Å². The van der Waals surface area contributed by atoms with Crippen LogP contribution in [0.25, 0.3) is 11.0 Å². The zero-order valence-electron chi connectivity index (χ0n) is 13.0. The van der Waals surface area contributed by atoms with Crippen LogP contribution in [0, 0.1) is 0 Å². The lowest BCUT2D eigenvalue weighted by Crippen LogP contribution is -2.08. The smallest absolute Gasteiger partial charge is 0.231 e. The lowest BCUT2D eigenvalue weighted by atomic mass is 10.1. The number of hydrogen-bond acceptors (Lipinski definition) is 7. The minimum atomic E-state index is 0.0215. The van der Waals surface area contributed by atoms with Crippen LogP contribution in [0.15, 0.2) is 30.7 Å². The van der Waals surface area contributed by atoms with E-state index < -0.39 is 0 Å². The Balaban J connectivity index is 1.45. The number of ether oxygens (including phenoxy) is 2. The van der Waals surface area contributed by atoms with Gasteiger partial charge in [0.25, 0.3) is 0 Å². The van der Waals surface area contributed by atoms with Gasteiger partial charge in [-0.1, -0.05) is 6.07 Å². The third kappa shape index (κ3) is 2.71. The van der Waals surface area contributed by atoms with Gasteiger partial charge in [-0.15, -0.1) is 0 Å². The van der Waals surface area contributed by atoms with Crippen LogP contribution in [0.4, 0.5) is 5.82 Å². The Labute approximate surface area is 138 Å². The second kappa shape index (κ2) is 6.32. The van der Waals surface area contributed by atoms with Crippen molar-refractivity contribution in [2.45, 2.75) is 13.0 Å². The average Bonchev–Trinajstić information content (AvgIpc) is 3.22. The molecule has 2 N–H and O–H groups in total. The Bertz CT molecular complexity index is 864. The predicted octanol–water partition coefficient (Wildman–Crippen LogP) is 1.20. The molecule has 124 valence electrons. The van der Waals surface area contributed by atoms with Crippen molar-refractivity contribution in [3.8, 4) is 11.5 Å². The topological polar surface area (TPSA) is 94.3 Å². The number of aliphatic hydroxyl groups excluding tert-OH is 1. The zero-order chi connectivity index (χ0) is 16.4. The largest absolute Gasteiger partial charge is 0.454 e. The highest BCUT2D eigenvalue weighted by atomic mass is 16.7. The molecule has 3 heterocycles. The molecule has 0 unspecified atom stereocenters. The van der Waals surface area contributed by atoms with Crippen molar-refractivity contribution in [2.75, 3.05) is 25.3 Å². The van der Waals surface area contributed by atoms with Gasteiger partial charge >= 0.3 is 0 Å². The van der Waals surface area contributed by atoms with E-state index in [0.717, 1.165) is 41.2 Å². The van der Waals surface area contributed by atoms with Gasteiger partial charge in [0, 0.05) is 6.54 Å². The maximum atomic E-state index is 9.06. The van der Waals surface area contributed by atoms with Crippen LogP contribution in [0.1, 0.15) is 5.56 Å². The van der Waals surface area contributed by atoms with E-state index in [1.165, 1.54) is 6.33 Å². The Morgan fingerprint density at radius 2 is 2.12 bits per heavy atom. The van der Waals surface area contributed by atoms with Gasteiger partial charge in [-0.2, -0.15) is 5.10 Å². The van der Waals surface area contributed by atoms with Crippen molar-refractivity contribution in [1.29, 1.82) is 0 Å². The number of benzene rings is 1. The number of rotatable bonds is 6. The molecule has 0 bridgehead atoms. The standard InChI is InChI=1S/C16H17N5O3/c22-6-5-21-16-12(8-20-21)15(18-9-19-16)17-4-3-11-1-2-13-14(7-11)24-10-23-13/h1-2,7-9,22H,3-6,10H2,(H,17,18,19). The number of fused-ring (bicyclic) bond motifs is 2. The maximum absolute atomic E-state index is 9.06. The number of nitrogens with zero attached hydrogens (tertiary/aromatic N) is 4. The first-order valence-electron chi connectivity index (χ1n) is 7.75. The van der Waals surface area contributed by atoms with Crippen molar-refractivity contribution in [1.82, 2.24) is 19.7 Å². The summed E-state index contributed by atoms with van der Waals surface area (Å²) in [5, 5.41) is 17.5. The van der Waals surface area contributed by atoms with Gasteiger partial charge in [0.1, 0.15) is 12.1 Å². The highest BCUT2D eigenvalue weighted by Crippen LogP contribution is 2.32. The number of aliphatic hydroxyl groups is 1. The van der Waals surface area contributed by atoms with E-state index in [0.29, 0.717) is 12.2 Å². The SMILES string of the molecule is OCCn1ncc2c(NCCc3ccc4c(c3)OCO4)ncnc21. The van der Waals surface area contributed by atoms with Crippen LogP contribution in [-0.2, 0) is 13.0 Å². The third-order valence-electron chi connectivity index (χ3n) is 3.89. The van der Waals surface area contributed by atoms with E-state index in [4.69, 9.17) is 14.6 Å². The molecular formula is C16H17N5O3. The quantitative estimate of drug-likeness (QED) is 0.702. The second-order valence-electron chi connectivity index (χ2n) is 5.42. The van der Waals surface area contributed by atoms with E-state index in [-0.39, 0.29) is 13.4 Å². The lowest BCUT2D eigenvalue weighted by molar-refractivity contribution is 0.174. The van der Waals surface area contributed by atoms with E-state index in [9.17, 15) is 0 Å². The Kier molecular flexibility index (Phi) is 3.87. The third-order valence-corrected chi connectivity index (χ3v) is 3.89. The lowest BCUT2D eigenvalue weighted by Gasteiger charge is -2.07. The molecule has 4 rings (SSSR count). The number of hydrogen-bond donors (Lipinski definition) is 2. The molecule has 0 saturated heterocycles. The van der Waals surface area contributed by atoms with Crippen LogP contribution in [0.5, 0.6) is 11.5 Å². The Hall–Kier alpha value is -2.87. The summed E-state index contributed by atoms with van der Waals surface area (Å²) in [6, 6.07) is 5.96. The first kappa shape index (κ1) is 14.7. The molecule has 0 fully saturated rings. The fraction of sp³-hybridized carbons (Fsp3) is 0.312. The summed E-state index contributed by atoms with van der Waals surface area (Å²) in [6.45, 7) is 1.44. The van der Waals surface area contributed by atoms with Gasteiger partial charge in [0.2, 0.25) is 6.79 Å². The molecule has 0 radical (unpaired) electrons. The summed E-state index contributed by atoms with van der Waals surface area (Å²) in [5.41, 5.74) is 1.87. The highest BCUT2D eigenvalue weighted by Gasteiger charge is 2.13. The number of anilines is 1. The van der Waals surface area contributed by atoms with E-state index >= 15 is 0 Å². The molecule has 0 atom stereocenters. The molecule has 1 aliphatic heterocycles. The van der Waals surface area contributed by atoms with E-state index in [1.54, 1.807) is 10.9 Å². The van der Waals surface area contributed by atoms with Gasteiger partial charge in [0.15, 0.2) is 17.1 Å². The fourth-order valence-corrected chi connectivity index (χ4v) is 2.71. The summed E-state index contributed by atoms with van der Waals surface area (Å²) in [7, 11) is 0. The summed E-state index contributed by atoms with van der Waals surface area (Å²) < 4.78 is 12.4. The predicted molar refractivity (Wildman–Crippen MR) is 87.2 cm³/mol. The molecular weight excluding hydrogens is 310 g/mol. The van der Waals surface area contributed by atoms with Crippen LogP contribution >= 0.6 is 0 Å². The van der Waals surface area contributed by atoms with Crippen molar-refractivity contribution in [3.63, 3.8) is 0 Å². The number of nitrogens with one attached hydrogen (secondary N) is 1. The molecule has 2 aromatic heterocycles. The normalized spacial score (nSPS) is 12.7. The second-order valence-corrected chi connectivity index (χ2v) is 5.42. The van der Waals surface area contributed by atoms with Crippen LogP contribution < -0.4 is 14.8 Å². The van der Waals surface area contributed by atoms with Crippen LogP contribution in [0.3, 0.4) is 0 Å².